The van der Waals surface area contributed by atoms with Gasteiger partial charge in [-0.25, -0.2) is 8.42 Å². The van der Waals surface area contributed by atoms with E-state index in [2.05, 4.69) is 15.9 Å². The molecule has 2 rings (SSSR count). The molecule has 0 amide bonds. The number of halogens is 4. The Balaban J connectivity index is 2.58. The molecule has 0 saturated heterocycles. The lowest BCUT2D eigenvalue weighted by molar-refractivity contribution is -0.137. The maximum Gasteiger partial charge on any atom is 0.416 e. The zero-order valence-corrected chi connectivity index (χ0v) is 13.2. The Kier molecular flexibility index (Phi) is 4.17. The van der Waals surface area contributed by atoms with Crippen molar-refractivity contribution in [2.45, 2.75) is 11.1 Å². The van der Waals surface area contributed by atoms with E-state index in [1.807, 2.05) is 0 Å². The number of hydrogen-bond acceptors (Lipinski definition) is 2. The molecule has 0 aromatic heterocycles. The number of hydrogen-bond donors (Lipinski definition) is 0. The topological polar surface area (TPSA) is 34.1 Å². The van der Waals surface area contributed by atoms with E-state index in [0.29, 0.717) is 15.6 Å². The summed E-state index contributed by atoms with van der Waals surface area (Å²) in [5.41, 5.74) is 0.00890. The summed E-state index contributed by atoms with van der Waals surface area (Å²) < 4.78 is 61.8. The van der Waals surface area contributed by atoms with Gasteiger partial charge in [-0.3, -0.25) is 0 Å². The van der Waals surface area contributed by atoms with E-state index < -0.39 is 21.6 Å². The Morgan fingerprint density at radius 1 is 1.00 bits per heavy atom. The zero-order valence-electron chi connectivity index (χ0n) is 10.8. The van der Waals surface area contributed by atoms with Crippen LogP contribution in [0.15, 0.2) is 51.8 Å². The van der Waals surface area contributed by atoms with Gasteiger partial charge in [-0.1, -0.05) is 34.1 Å². The molecule has 2 aromatic carbocycles. The Labute approximate surface area is 128 Å². The minimum absolute atomic E-state index is 0.0663. The van der Waals surface area contributed by atoms with Crippen LogP contribution >= 0.6 is 15.9 Å². The molecule has 0 heterocycles. The van der Waals surface area contributed by atoms with E-state index in [-0.39, 0.29) is 4.90 Å². The van der Waals surface area contributed by atoms with Crippen molar-refractivity contribution in [3.05, 3.63) is 52.5 Å². The molecule has 0 unspecified atom stereocenters. The number of sulfone groups is 1. The van der Waals surface area contributed by atoms with Gasteiger partial charge in [0.15, 0.2) is 9.84 Å². The lowest BCUT2D eigenvalue weighted by Crippen LogP contribution is -2.04. The van der Waals surface area contributed by atoms with Crippen LogP contribution in [-0.2, 0) is 16.0 Å². The van der Waals surface area contributed by atoms with Crippen molar-refractivity contribution in [1.82, 2.24) is 0 Å². The van der Waals surface area contributed by atoms with Crippen LogP contribution in [0.5, 0.6) is 0 Å². The molecule has 0 saturated carbocycles. The molecule has 0 fully saturated rings. The van der Waals surface area contributed by atoms with E-state index in [0.717, 1.165) is 18.4 Å². The Bertz CT molecular complexity index is 766. The SMILES string of the molecule is CS(=O)(=O)c1cc(Br)ccc1-c1ccc(C(F)(F)F)cc1. The Morgan fingerprint density at radius 2 is 1.57 bits per heavy atom. The summed E-state index contributed by atoms with van der Waals surface area (Å²) in [6, 6.07) is 9.03. The summed E-state index contributed by atoms with van der Waals surface area (Å²) in [6.45, 7) is 0. The van der Waals surface area contributed by atoms with E-state index >= 15 is 0 Å². The first kappa shape index (κ1) is 16.0. The van der Waals surface area contributed by atoms with E-state index in [1.54, 1.807) is 12.1 Å². The predicted molar refractivity (Wildman–Crippen MR) is 77.7 cm³/mol. The van der Waals surface area contributed by atoms with Crippen LogP contribution in [0, 0.1) is 0 Å². The lowest BCUT2D eigenvalue weighted by Gasteiger charge is -2.11. The van der Waals surface area contributed by atoms with Crippen molar-refractivity contribution in [1.29, 1.82) is 0 Å². The quantitative estimate of drug-likeness (QED) is 0.768. The molecule has 0 N–H and O–H groups in total. The van der Waals surface area contributed by atoms with Gasteiger partial charge in [0, 0.05) is 16.3 Å². The van der Waals surface area contributed by atoms with Crippen LogP contribution in [-0.4, -0.2) is 14.7 Å². The third kappa shape index (κ3) is 3.65. The predicted octanol–water partition coefficient (Wildman–Crippen LogP) is 4.54. The standard InChI is InChI=1S/C14H10BrF3O2S/c1-21(19,20)13-8-11(15)6-7-12(13)9-2-4-10(5-3-9)14(16,17)18/h2-8H,1H3. The second-order valence-electron chi connectivity index (χ2n) is 4.49. The summed E-state index contributed by atoms with van der Waals surface area (Å²) in [5.74, 6) is 0. The van der Waals surface area contributed by atoms with Gasteiger partial charge in [-0.15, -0.1) is 0 Å². The molecule has 0 aliphatic carbocycles. The minimum Gasteiger partial charge on any atom is -0.224 e. The first-order chi connectivity index (χ1) is 9.59. The van der Waals surface area contributed by atoms with Gasteiger partial charge >= 0.3 is 6.18 Å². The maximum atomic E-state index is 12.5. The van der Waals surface area contributed by atoms with Crippen LogP contribution < -0.4 is 0 Å². The van der Waals surface area contributed by atoms with Crippen LogP contribution in [0.4, 0.5) is 13.2 Å². The van der Waals surface area contributed by atoms with E-state index in [9.17, 15) is 21.6 Å². The Morgan fingerprint density at radius 3 is 2.05 bits per heavy atom. The van der Waals surface area contributed by atoms with Crippen molar-refractivity contribution in [3.8, 4) is 11.1 Å². The maximum absolute atomic E-state index is 12.5. The van der Waals surface area contributed by atoms with Crippen molar-refractivity contribution in [2.75, 3.05) is 6.26 Å². The summed E-state index contributed by atoms with van der Waals surface area (Å²) in [6.07, 6.45) is -3.36. The average molecular weight is 379 g/mol. The molecule has 0 atom stereocenters. The fourth-order valence-corrected chi connectivity index (χ4v) is 3.32. The molecule has 7 heteroatoms. The van der Waals surface area contributed by atoms with Crippen LogP contribution in [0.3, 0.4) is 0 Å². The second kappa shape index (κ2) is 5.46. The molecule has 21 heavy (non-hydrogen) atoms. The fourth-order valence-electron chi connectivity index (χ4n) is 1.88. The first-order valence-electron chi connectivity index (χ1n) is 5.76. The minimum atomic E-state index is -4.42. The molecular formula is C14H10BrF3O2S. The van der Waals surface area contributed by atoms with Gasteiger partial charge in [0.05, 0.1) is 10.5 Å². The monoisotopic (exact) mass is 378 g/mol. The van der Waals surface area contributed by atoms with Gasteiger partial charge in [0.1, 0.15) is 0 Å². The van der Waals surface area contributed by atoms with E-state index in [1.165, 1.54) is 18.2 Å². The second-order valence-corrected chi connectivity index (χ2v) is 7.39. The highest BCUT2D eigenvalue weighted by atomic mass is 79.9. The third-order valence-corrected chi connectivity index (χ3v) is 4.50. The zero-order chi connectivity index (χ0) is 15.8. The van der Waals surface area contributed by atoms with Crippen molar-refractivity contribution in [3.63, 3.8) is 0 Å². The molecule has 112 valence electrons. The van der Waals surface area contributed by atoms with Crippen LogP contribution in [0.2, 0.25) is 0 Å². The van der Waals surface area contributed by atoms with Gasteiger partial charge in [0.25, 0.3) is 0 Å². The van der Waals surface area contributed by atoms with Gasteiger partial charge < -0.3 is 0 Å². The van der Waals surface area contributed by atoms with Crippen molar-refractivity contribution >= 4 is 25.8 Å². The largest absolute Gasteiger partial charge is 0.416 e. The summed E-state index contributed by atoms with van der Waals surface area (Å²) in [4.78, 5) is 0.0663. The number of alkyl halides is 3. The van der Waals surface area contributed by atoms with Gasteiger partial charge in [-0.05, 0) is 29.8 Å². The highest BCUT2D eigenvalue weighted by Crippen LogP contribution is 2.33. The Hall–Kier alpha value is -1.34. The number of rotatable bonds is 2. The van der Waals surface area contributed by atoms with Gasteiger partial charge in [-0.2, -0.15) is 13.2 Å². The van der Waals surface area contributed by atoms with Crippen LogP contribution in [0.25, 0.3) is 11.1 Å². The summed E-state index contributed by atoms with van der Waals surface area (Å²) >= 11 is 3.19. The highest BCUT2D eigenvalue weighted by Gasteiger charge is 2.30. The molecule has 0 aliphatic heterocycles. The normalized spacial score (nSPS) is 12.4. The van der Waals surface area contributed by atoms with E-state index in [4.69, 9.17) is 0 Å². The molecular weight excluding hydrogens is 369 g/mol. The first-order valence-corrected chi connectivity index (χ1v) is 8.45. The van der Waals surface area contributed by atoms with Crippen LogP contribution in [0.1, 0.15) is 5.56 Å². The fraction of sp³-hybridized carbons (Fsp3) is 0.143. The van der Waals surface area contributed by atoms with Crippen molar-refractivity contribution < 1.29 is 21.6 Å². The smallest absolute Gasteiger partial charge is 0.224 e. The van der Waals surface area contributed by atoms with Gasteiger partial charge in [0.2, 0.25) is 0 Å². The summed E-state index contributed by atoms with van der Waals surface area (Å²) in [7, 11) is -3.49. The summed E-state index contributed by atoms with van der Waals surface area (Å²) in [5, 5.41) is 0. The molecule has 0 spiro atoms. The highest BCUT2D eigenvalue weighted by molar-refractivity contribution is 9.10. The lowest BCUT2D eigenvalue weighted by atomic mass is 10.0. The molecule has 0 radical (unpaired) electrons. The third-order valence-electron chi connectivity index (χ3n) is 2.87. The molecule has 0 aliphatic rings. The van der Waals surface area contributed by atoms with Crippen molar-refractivity contribution in [2.24, 2.45) is 0 Å². The average Bonchev–Trinajstić information content (AvgIpc) is 2.37. The molecule has 2 nitrogen and oxygen atoms in total. The molecule has 0 bridgehead atoms. The molecule has 2 aromatic rings. The number of benzene rings is 2.